The van der Waals surface area contributed by atoms with Gasteiger partial charge in [-0.1, -0.05) is 0 Å². The van der Waals surface area contributed by atoms with Gasteiger partial charge in [-0.25, -0.2) is 18.0 Å². The fourth-order valence-electron chi connectivity index (χ4n) is 2.44. The van der Waals surface area contributed by atoms with Gasteiger partial charge in [-0.3, -0.25) is 0 Å². The van der Waals surface area contributed by atoms with Crippen molar-refractivity contribution in [1.29, 1.82) is 0 Å². The highest BCUT2D eigenvalue weighted by Gasteiger charge is 2.25. The molecule has 0 saturated carbocycles. The quantitative estimate of drug-likeness (QED) is 0.491. The van der Waals surface area contributed by atoms with Gasteiger partial charge in [0.15, 0.2) is 0 Å². The van der Waals surface area contributed by atoms with Gasteiger partial charge < -0.3 is 0 Å². The van der Waals surface area contributed by atoms with Gasteiger partial charge in [0.2, 0.25) is 0 Å². The first-order valence-electron chi connectivity index (χ1n) is 5.75. The Morgan fingerprint density at radius 3 is 1.40 bits per heavy atom. The summed E-state index contributed by atoms with van der Waals surface area (Å²) in [6.45, 7) is 3.02. The fraction of sp³-hybridized carbons (Fsp3) is 0.167. The highest BCUT2D eigenvalue weighted by molar-refractivity contribution is 6.15. The van der Waals surface area contributed by atoms with E-state index in [1.165, 1.54) is 13.8 Å². The molecule has 4 aromatic rings. The summed E-state index contributed by atoms with van der Waals surface area (Å²) >= 11 is 0. The van der Waals surface area contributed by atoms with E-state index in [9.17, 15) is 8.78 Å². The molecular formula is C12H6F2N4O2. The molecule has 6 nitrogen and oxygen atoms in total. The normalized spacial score (nSPS) is 12.0. The Hall–Kier alpha value is -2.64. The minimum atomic E-state index is -0.636. The monoisotopic (exact) mass is 276 g/mol. The van der Waals surface area contributed by atoms with Crippen LogP contribution in [0.3, 0.4) is 0 Å². The second kappa shape index (κ2) is 3.47. The molecule has 0 saturated heterocycles. The number of halogens is 2. The average Bonchev–Trinajstić information content (AvgIpc) is 3.08. The van der Waals surface area contributed by atoms with E-state index in [2.05, 4.69) is 29.9 Å². The molecule has 20 heavy (non-hydrogen) atoms. The van der Waals surface area contributed by atoms with Crippen LogP contribution in [0.15, 0.2) is 9.26 Å². The van der Waals surface area contributed by atoms with Gasteiger partial charge in [0, 0.05) is 11.1 Å². The zero-order valence-electron chi connectivity index (χ0n) is 10.4. The summed E-state index contributed by atoms with van der Waals surface area (Å²) in [6, 6.07) is 0. The van der Waals surface area contributed by atoms with Crippen LogP contribution in [0.25, 0.3) is 32.8 Å². The zero-order valence-corrected chi connectivity index (χ0v) is 10.4. The summed E-state index contributed by atoms with van der Waals surface area (Å²) in [4.78, 5) is 0. The molecule has 2 aromatic heterocycles. The smallest absolute Gasteiger partial charge is 0.146 e. The predicted octanol–water partition coefficient (Wildman–Crippen LogP) is 2.81. The van der Waals surface area contributed by atoms with E-state index >= 15 is 0 Å². The molecule has 0 unspecified atom stereocenters. The molecule has 2 heterocycles. The van der Waals surface area contributed by atoms with Crippen molar-refractivity contribution in [2.24, 2.45) is 0 Å². The topological polar surface area (TPSA) is 77.8 Å². The maximum Gasteiger partial charge on any atom is 0.146 e. The van der Waals surface area contributed by atoms with E-state index in [0.29, 0.717) is 0 Å². The summed E-state index contributed by atoms with van der Waals surface area (Å²) in [5.41, 5.74) is 1.10. The molecule has 2 aromatic carbocycles. The van der Waals surface area contributed by atoms with Crippen molar-refractivity contribution >= 4 is 32.8 Å². The lowest BCUT2D eigenvalue weighted by Crippen LogP contribution is -1.96. The van der Waals surface area contributed by atoms with Crippen molar-refractivity contribution in [2.45, 2.75) is 13.8 Å². The molecule has 0 radical (unpaired) electrons. The van der Waals surface area contributed by atoms with Crippen molar-refractivity contribution in [3.8, 4) is 0 Å². The number of hydrogen-bond donors (Lipinski definition) is 0. The number of hydrogen-bond acceptors (Lipinski definition) is 6. The van der Waals surface area contributed by atoms with Crippen LogP contribution in [-0.4, -0.2) is 20.6 Å². The molecule has 0 atom stereocenters. The fourth-order valence-corrected chi connectivity index (χ4v) is 2.44. The van der Waals surface area contributed by atoms with Crippen LogP contribution >= 0.6 is 0 Å². The molecule has 0 bridgehead atoms. The number of aromatic nitrogens is 4. The molecule has 0 amide bonds. The van der Waals surface area contributed by atoms with Crippen LogP contribution in [0.5, 0.6) is 0 Å². The molecule has 4 rings (SSSR count). The third-order valence-corrected chi connectivity index (χ3v) is 3.51. The Morgan fingerprint density at radius 1 is 0.650 bits per heavy atom. The number of fused-ring (bicyclic) bond motifs is 5. The zero-order chi connectivity index (χ0) is 14.0. The Bertz CT molecular complexity index is 924. The number of aryl methyl sites for hydroxylation is 2. The Balaban J connectivity index is 2.49. The SMILES string of the molecule is Cc1c(F)c2c3nonc3c(C)c(F)c2c2nonc12. The third kappa shape index (κ3) is 1.11. The molecule has 8 heteroatoms. The second-order valence-corrected chi connectivity index (χ2v) is 4.55. The minimum Gasteiger partial charge on any atom is -0.243 e. The van der Waals surface area contributed by atoms with Crippen LogP contribution < -0.4 is 0 Å². The Morgan fingerprint density at radius 2 is 1.00 bits per heavy atom. The van der Waals surface area contributed by atoms with Crippen molar-refractivity contribution < 1.29 is 18.0 Å². The van der Waals surface area contributed by atoms with Crippen molar-refractivity contribution in [3.63, 3.8) is 0 Å². The number of benzene rings is 2. The van der Waals surface area contributed by atoms with E-state index in [-0.39, 0.29) is 44.0 Å². The van der Waals surface area contributed by atoms with E-state index in [1.54, 1.807) is 0 Å². The van der Waals surface area contributed by atoms with Crippen LogP contribution in [-0.2, 0) is 0 Å². The predicted molar refractivity (Wildman–Crippen MR) is 64.1 cm³/mol. The third-order valence-electron chi connectivity index (χ3n) is 3.51. The first-order valence-corrected chi connectivity index (χ1v) is 5.75. The van der Waals surface area contributed by atoms with E-state index in [0.717, 1.165) is 0 Å². The summed E-state index contributed by atoms with van der Waals surface area (Å²) in [5.74, 6) is -1.27. The minimum absolute atomic E-state index is 0.0231. The first-order chi connectivity index (χ1) is 9.61. The molecular weight excluding hydrogens is 270 g/mol. The van der Waals surface area contributed by atoms with Crippen LogP contribution in [0.4, 0.5) is 8.78 Å². The molecule has 0 spiro atoms. The molecule has 0 aliphatic rings. The first kappa shape index (κ1) is 11.2. The maximum absolute atomic E-state index is 14.5. The summed E-state index contributed by atoms with van der Waals surface area (Å²) in [6.07, 6.45) is 0. The summed E-state index contributed by atoms with van der Waals surface area (Å²) in [7, 11) is 0. The van der Waals surface area contributed by atoms with Gasteiger partial charge in [-0.05, 0) is 34.5 Å². The lowest BCUT2D eigenvalue weighted by atomic mass is 9.99. The van der Waals surface area contributed by atoms with Crippen LogP contribution in [0.2, 0.25) is 0 Å². The Labute approximate surface area is 109 Å². The van der Waals surface area contributed by atoms with Crippen LogP contribution in [0.1, 0.15) is 11.1 Å². The van der Waals surface area contributed by atoms with Gasteiger partial charge in [0.1, 0.15) is 33.7 Å². The summed E-state index contributed by atoms with van der Waals surface area (Å²) < 4.78 is 38.3. The number of rotatable bonds is 0. The highest BCUT2D eigenvalue weighted by atomic mass is 19.1. The highest BCUT2D eigenvalue weighted by Crippen LogP contribution is 2.37. The second-order valence-electron chi connectivity index (χ2n) is 4.55. The largest absolute Gasteiger partial charge is 0.243 e. The van der Waals surface area contributed by atoms with Gasteiger partial charge in [-0.2, -0.15) is 0 Å². The Kier molecular flexibility index (Phi) is 1.94. The van der Waals surface area contributed by atoms with Crippen molar-refractivity contribution in [3.05, 3.63) is 22.8 Å². The van der Waals surface area contributed by atoms with Crippen molar-refractivity contribution in [1.82, 2.24) is 20.6 Å². The molecule has 0 aliphatic heterocycles. The van der Waals surface area contributed by atoms with Gasteiger partial charge in [-0.15, -0.1) is 0 Å². The van der Waals surface area contributed by atoms with Crippen molar-refractivity contribution in [2.75, 3.05) is 0 Å². The lowest BCUT2D eigenvalue weighted by Gasteiger charge is -2.06. The molecule has 0 fully saturated rings. The van der Waals surface area contributed by atoms with E-state index in [1.807, 2.05) is 0 Å². The molecule has 0 N–H and O–H groups in total. The summed E-state index contributed by atoms with van der Waals surface area (Å²) in [5, 5.41) is 14.5. The van der Waals surface area contributed by atoms with Crippen LogP contribution in [0, 0.1) is 25.5 Å². The van der Waals surface area contributed by atoms with E-state index in [4.69, 9.17) is 0 Å². The van der Waals surface area contributed by atoms with Gasteiger partial charge in [0.05, 0.1) is 10.8 Å². The standard InChI is InChI=1S/C12H6F2N4O2/c1-3-7(13)5-6(11-9(3)15-19-17-11)8(14)4(2)10-12(5)18-20-16-10/h1-2H3. The average molecular weight is 276 g/mol. The van der Waals surface area contributed by atoms with Gasteiger partial charge in [0.25, 0.3) is 0 Å². The van der Waals surface area contributed by atoms with Gasteiger partial charge >= 0.3 is 0 Å². The molecule has 0 aliphatic carbocycles. The van der Waals surface area contributed by atoms with E-state index < -0.39 is 11.6 Å². The maximum atomic E-state index is 14.5. The lowest BCUT2D eigenvalue weighted by molar-refractivity contribution is 0.315. The number of nitrogens with zero attached hydrogens (tertiary/aromatic N) is 4. The molecule has 100 valence electrons.